The fourth-order valence-electron chi connectivity index (χ4n) is 5.75. The molecule has 4 rings (SSSR count). The van der Waals surface area contributed by atoms with Crippen LogP contribution >= 0.6 is 0 Å². The average molecular weight is 619 g/mol. The SMILES string of the molecule is CC(C)(C)OC(=O)N1CCC(N[C@@H](CC(=O)OCc2ccccc2)C(=O)N2CCCCC2CCOc2ccc(C#N)cc2)CC1. The smallest absolute Gasteiger partial charge is 0.410 e. The third-order valence-corrected chi connectivity index (χ3v) is 8.11. The fraction of sp³-hybridized carbons (Fsp3) is 0.543. The molecule has 0 aromatic heterocycles. The predicted octanol–water partition coefficient (Wildman–Crippen LogP) is 5.20. The average Bonchev–Trinajstić information content (AvgIpc) is 3.04. The fourth-order valence-corrected chi connectivity index (χ4v) is 5.75. The quantitative estimate of drug-likeness (QED) is 0.341. The maximum Gasteiger partial charge on any atom is 0.410 e. The molecule has 2 fully saturated rings. The lowest BCUT2D eigenvalue weighted by Gasteiger charge is -2.40. The van der Waals surface area contributed by atoms with Crippen LogP contribution in [0.3, 0.4) is 0 Å². The zero-order valence-electron chi connectivity index (χ0n) is 26.7. The first-order chi connectivity index (χ1) is 21.6. The molecule has 1 N–H and O–H groups in total. The maximum absolute atomic E-state index is 14.1. The Morgan fingerprint density at radius 2 is 1.69 bits per heavy atom. The van der Waals surface area contributed by atoms with Crippen molar-refractivity contribution < 1.29 is 28.6 Å². The number of piperidine rings is 2. The number of rotatable bonds is 11. The van der Waals surface area contributed by atoms with Crippen molar-refractivity contribution in [1.29, 1.82) is 5.26 Å². The van der Waals surface area contributed by atoms with E-state index in [9.17, 15) is 14.4 Å². The van der Waals surface area contributed by atoms with Gasteiger partial charge in [0, 0.05) is 38.1 Å². The minimum Gasteiger partial charge on any atom is -0.494 e. The zero-order chi connectivity index (χ0) is 32.2. The van der Waals surface area contributed by atoms with Crippen molar-refractivity contribution in [2.75, 3.05) is 26.2 Å². The topological polar surface area (TPSA) is 121 Å². The summed E-state index contributed by atoms with van der Waals surface area (Å²) in [4.78, 5) is 43.3. The number of benzene rings is 2. The van der Waals surface area contributed by atoms with Crippen LogP contribution in [0, 0.1) is 11.3 Å². The summed E-state index contributed by atoms with van der Waals surface area (Å²) < 4.78 is 17.0. The van der Waals surface area contributed by atoms with Crippen LogP contribution < -0.4 is 10.1 Å². The summed E-state index contributed by atoms with van der Waals surface area (Å²) in [5.41, 5.74) is 0.888. The normalized spacial score (nSPS) is 18.0. The largest absolute Gasteiger partial charge is 0.494 e. The number of amides is 2. The van der Waals surface area contributed by atoms with Gasteiger partial charge >= 0.3 is 12.1 Å². The minimum absolute atomic E-state index is 0.0108. The van der Waals surface area contributed by atoms with Crippen LogP contribution in [0.1, 0.15) is 76.8 Å². The number of nitrogens with zero attached hydrogens (tertiary/aromatic N) is 3. The summed E-state index contributed by atoms with van der Waals surface area (Å²) in [5, 5.41) is 12.5. The number of hydrogen-bond acceptors (Lipinski definition) is 8. The first-order valence-corrected chi connectivity index (χ1v) is 16.0. The third kappa shape index (κ3) is 10.8. The summed E-state index contributed by atoms with van der Waals surface area (Å²) >= 11 is 0. The van der Waals surface area contributed by atoms with E-state index in [1.807, 2.05) is 56.0 Å². The minimum atomic E-state index is -0.744. The molecule has 0 radical (unpaired) electrons. The summed E-state index contributed by atoms with van der Waals surface area (Å²) in [6.07, 6.45) is 4.31. The highest BCUT2D eigenvalue weighted by Crippen LogP contribution is 2.24. The molecular formula is C35H46N4O6. The molecule has 2 heterocycles. The second kappa shape index (κ2) is 16.3. The highest BCUT2D eigenvalue weighted by atomic mass is 16.6. The monoisotopic (exact) mass is 618 g/mol. The van der Waals surface area contributed by atoms with E-state index in [1.165, 1.54) is 0 Å². The van der Waals surface area contributed by atoms with E-state index in [1.54, 1.807) is 29.2 Å². The van der Waals surface area contributed by atoms with Crippen molar-refractivity contribution in [3.8, 4) is 11.8 Å². The maximum atomic E-state index is 14.1. The van der Waals surface area contributed by atoms with Gasteiger partial charge in [0.05, 0.1) is 30.7 Å². The summed E-state index contributed by atoms with van der Waals surface area (Å²) in [6, 6.07) is 17.8. The van der Waals surface area contributed by atoms with Gasteiger partial charge in [-0.05, 0) is 82.7 Å². The Labute approximate surface area is 266 Å². The van der Waals surface area contributed by atoms with Gasteiger partial charge in [0.2, 0.25) is 5.91 Å². The van der Waals surface area contributed by atoms with Crippen LogP contribution in [0.25, 0.3) is 0 Å². The van der Waals surface area contributed by atoms with Crippen molar-refractivity contribution in [1.82, 2.24) is 15.1 Å². The van der Waals surface area contributed by atoms with Crippen LogP contribution in [0.15, 0.2) is 54.6 Å². The Balaban J connectivity index is 1.39. The molecule has 2 aliphatic rings. The number of esters is 1. The number of nitrogens with one attached hydrogen (secondary N) is 1. The zero-order valence-corrected chi connectivity index (χ0v) is 26.7. The summed E-state index contributed by atoms with van der Waals surface area (Å²) in [7, 11) is 0. The van der Waals surface area contributed by atoms with E-state index in [0.717, 1.165) is 24.8 Å². The molecule has 2 aromatic rings. The predicted molar refractivity (Wildman–Crippen MR) is 169 cm³/mol. The Morgan fingerprint density at radius 1 is 0.978 bits per heavy atom. The van der Waals surface area contributed by atoms with Gasteiger partial charge in [0.15, 0.2) is 0 Å². The lowest BCUT2D eigenvalue weighted by molar-refractivity contribution is -0.149. The van der Waals surface area contributed by atoms with Gasteiger partial charge in [0.25, 0.3) is 0 Å². The highest BCUT2D eigenvalue weighted by Gasteiger charge is 2.35. The molecule has 45 heavy (non-hydrogen) atoms. The van der Waals surface area contributed by atoms with Crippen LogP contribution in [0.4, 0.5) is 4.79 Å². The number of nitriles is 1. The van der Waals surface area contributed by atoms with E-state index >= 15 is 0 Å². The first-order valence-electron chi connectivity index (χ1n) is 16.0. The van der Waals surface area contributed by atoms with Gasteiger partial charge in [-0.25, -0.2) is 4.79 Å². The Hall–Kier alpha value is -4.10. The standard InChI is InChI=1S/C35H46N4O6/c1-35(2,3)45-34(42)38-20-16-28(17-21-38)37-31(23-32(40)44-25-27-9-5-4-6-10-27)33(41)39-19-8-7-11-29(39)18-22-43-30-14-12-26(24-36)13-15-30/h4-6,9-10,12-15,28-29,31,37H,7-8,11,16-23,25H2,1-3H3/t29?,31-/m0/s1. The molecule has 2 saturated heterocycles. The third-order valence-electron chi connectivity index (χ3n) is 8.11. The van der Waals surface area contributed by atoms with E-state index in [2.05, 4.69) is 11.4 Å². The van der Waals surface area contributed by atoms with E-state index in [-0.39, 0.29) is 37.1 Å². The summed E-state index contributed by atoms with van der Waals surface area (Å²) in [5.74, 6) is 0.138. The van der Waals surface area contributed by atoms with E-state index in [0.29, 0.717) is 56.8 Å². The van der Waals surface area contributed by atoms with Gasteiger partial charge in [-0.3, -0.25) is 9.59 Å². The van der Waals surface area contributed by atoms with E-state index < -0.39 is 17.6 Å². The molecule has 1 unspecified atom stereocenters. The molecule has 2 aromatic carbocycles. The molecule has 2 aliphatic heterocycles. The highest BCUT2D eigenvalue weighted by molar-refractivity contribution is 5.87. The van der Waals surface area contributed by atoms with Gasteiger partial charge in [-0.15, -0.1) is 0 Å². The van der Waals surface area contributed by atoms with Gasteiger partial charge in [0.1, 0.15) is 18.0 Å². The van der Waals surface area contributed by atoms with Crippen LogP contribution in [-0.2, 0) is 25.7 Å². The molecule has 2 amide bonds. The second-order valence-corrected chi connectivity index (χ2v) is 12.8. The number of likely N-dealkylation sites (tertiary alicyclic amines) is 2. The molecule has 0 spiro atoms. The number of hydrogen-bond donors (Lipinski definition) is 1. The Kier molecular flexibility index (Phi) is 12.2. The lowest BCUT2D eigenvalue weighted by Crippen LogP contribution is -2.56. The lowest BCUT2D eigenvalue weighted by atomic mass is 9.97. The summed E-state index contributed by atoms with van der Waals surface area (Å²) in [6.45, 7) is 7.75. The molecule has 2 atom stereocenters. The first kappa shape index (κ1) is 33.8. The van der Waals surface area contributed by atoms with Crippen molar-refractivity contribution in [3.63, 3.8) is 0 Å². The van der Waals surface area contributed by atoms with Crippen molar-refractivity contribution in [3.05, 3.63) is 65.7 Å². The molecule has 0 bridgehead atoms. The number of carbonyl (C=O) groups is 3. The van der Waals surface area contributed by atoms with Crippen LogP contribution in [0.2, 0.25) is 0 Å². The molecule has 0 aliphatic carbocycles. The van der Waals surface area contributed by atoms with E-state index in [4.69, 9.17) is 19.5 Å². The van der Waals surface area contributed by atoms with Crippen LogP contribution in [-0.4, -0.2) is 77.7 Å². The molecular weight excluding hydrogens is 572 g/mol. The van der Waals surface area contributed by atoms with Crippen LogP contribution in [0.5, 0.6) is 5.75 Å². The molecule has 242 valence electrons. The number of ether oxygens (including phenoxy) is 3. The molecule has 10 heteroatoms. The van der Waals surface area contributed by atoms with Gasteiger partial charge in [-0.1, -0.05) is 30.3 Å². The van der Waals surface area contributed by atoms with Gasteiger partial charge < -0.3 is 29.3 Å². The Morgan fingerprint density at radius 3 is 2.36 bits per heavy atom. The number of carbonyl (C=O) groups excluding carboxylic acids is 3. The van der Waals surface area contributed by atoms with Crippen molar-refractivity contribution in [2.45, 2.75) is 96.1 Å². The van der Waals surface area contributed by atoms with Gasteiger partial charge in [-0.2, -0.15) is 5.26 Å². The second-order valence-electron chi connectivity index (χ2n) is 12.8. The van der Waals surface area contributed by atoms with Crippen molar-refractivity contribution in [2.24, 2.45) is 0 Å². The molecule has 10 nitrogen and oxygen atoms in total. The Bertz CT molecular complexity index is 1300. The molecule has 0 saturated carbocycles. The van der Waals surface area contributed by atoms with Crippen molar-refractivity contribution >= 4 is 18.0 Å².